The van der Waals surface area contributed by atoms with Crippen LogP contribution in [0.4, 0.5) is 5.69 Å². The number of piperazine rings is 1. The minimum Gasteiger partial charge on any atom is -0.495 e. The number of benzene rings is 1. The molecule has 1 aromatic carbocycles. The highest BCUT2D eigenvalue weighted by Crippen LogP contribution is 2.33. The van der Waals surface area contributed by atoms with E-state index in [9.17, 15) is 5.26 Å². The fourth-order valence-corrected chi connectivity index (χ4v) is 2.20. The topological polar surface area (TPSA) is 48.3 Å². The number of ether oxygens (including phenoxy) is 1. The molecule has 1 N–H and O–H groups in total. The lowest BCUT2D eigenvalue weighted by atomic mass is 10.1. The minimum absolute atomic E-state index is 0.698. The first-order valence-corrected chi connectivity index (χ1v) is 5.80. The smallest absolute Gasteiger partial charge is 0.143 e. The molecule has 1 heterocycles. The van der Waals surface area contributed by atoms with E-state index >= 15 is 0 Å². The Morgan fingerprint density at radius 1 is 1.35 bits per heavy atom. The van der Waals surface area contributed by atoms with E-state index < -0.39 is 0 Å². The quantitative estimate of drug-likeness (QED) is 0.833. The van der Waals surface area contributed by atoms with E-state index in [2.05, 4.69) is 16.3 Å². The standard InChI is InChI=1S/C13H17N3O/c1-10-7-11(9-14)13(12(8-10)17-2)16-5-3-15-4-6-16/h7-8,15H,3-6H2,1-2H3. The molecule has 1 fully saturated rings. The number of anilines is 1. The summed E-state index contributed by atoms with van der Waals surface area (Å²) in [5, 5.41) is 12.6. The summed E-state index contributed by atoms with van der Waals surface area (Å²) in [6.07, 6.45) is 0. The predicted molar refractivity (Wildman–Crippen MR) is 67.5 cm³/mol. The van der Waals surface area contributed by atoms with Crippen LogP contribution in [0, 0.1) is 18.3 Å². The number of nitrogens with one attached hydrogen (secondary N) is 1. The van der Waals surface area contributed by atoms with Gasteiger partial charge in [-0.15, -0.1) is 0 Å². The lowest BCUT2D eigenvalue weighted by Crippen LogP contribution is -2.44. The maximum Gasteiger partial charge on any atom is 0.143 e. The van der Waals surface area contributed by atoms with Crippen molar-refractivity contribution in [1.82, 2.24) is 5.32 Å². The van der Waals surface area contributed by atoms with E-state index in [1.165, 1.54) is 0 Å². The van der Waals surface area contributed by atoms with Crippen LogP contribution in [0.15, 0.2) is 12.1 Å². The van der Waals surface area contributed by atoms with Gasteiger partial charge < -0.3 is 15.0 Å². The molecule has 0 bridgehead atoms. The summed E-state index contributed by atoms with van der Waals surface area (Å²) < 4.78 is 5.41. The van der Waals surface area contributed by atoms with Gasteiger partial charge in [-0.05, 0) is 24.6 Å². The van der Waals surface area contributed by atoms with E-state index in [-0.39, 0.29) is 0 Å². The molecule has 0 saturated carbocycles. The summed E-state index contributed by atoms with van der Waals surface area (Å²) >= 11 is 0. The molecule has 1 aliphatic heterocycles. The van der Waals surface area contributed by atoms with Gasteiger partial charge in [-0.2, -0.15) is 5.26 Å². The Kier molecular flexibility index (Phi) is 3.50. The van der Waals surface area contributed by atoms with E-state index in [0.29, 0.717) is 5.56 Å². The Labute approximate surface area is 102 Å². The lowest BCUT2D eigenvalue weighted by Gasteiger charge is -2.31. The summed E-state index contributed by atoms with van der Waals surface area (Å²) in [4.78, 5) is 2.22. The van der Waals surface area contributed by atoms with Gasteiger partial charge in [0.2, 0.25) is 0 Å². The van der Waals surface area contributed by atoms with E-state index in [1.807, 2.05) is 19.1 Å². The summed E-state index contributed by atoms with van der Waals surface area (Å²) in [6.45, 7) is 5.69. The van der Waals surface area contributed by atoms with Crippen LogP contribution < -0.4 is 15.0 Å². The van der Waals surface area contributed by atoms with Gasteiger partial charge in [0.15, 0.2) is 0 Å². The molecule has 17 heavy (non-hydrogen) atoms. The fourth-order valence-electron chi connectivity index (χ4n) is 2.20. The van der Waals surface area contributed by atoms with Crippen molar-refractivity contribution < 1.29 is 4.74 Å². The van der Waals surface area contributed by atoms with Gasteiger partial charge in [-0.3, -0.25) is 0 Å². The summed E-state index contributed by atoms with van der Waals surface area (Å²) in [5.74, 6) is 0.795. The minimum atomic E-state index is 0.698. The number of methoxy groups -OCH3 is 1. The molecule has 4 heteroatoms. The predicted octanol–water partition coefficient (Wildman–Crippen LogP) is 1.28. The molecule has 1 saturated heterocycles. The number of rotatable bonds is 2. The third kappa shape index (κ3) is 2.34. The summed E-state index contributed by atoms with van der Waals surface area (Å²) in [5.41, 5.74) is 2.68. The highest BCUT2D eigenvalue weighted by molar-refractivity contribution is 5.69. The largest absolute Gasteiger partial charge is 0.495 e. The van der Waals surface area contributed by atoms with Crippen molar-refractivity contribution in [3.8, 4) is 11.8 Å². The first-order valence-electron chi connectivity index (χ1n) is 5.80. The summed E-state index contributed by atoms with van der Waals surface area (Å²) in [7, 11) is 1.65. The van der Waals surface area contributed by atoms with Gasteiger partial charge in [0.05, 0.1) is 18.4 Å². The molecule has 0 aromatic heterocycles. The van der Waals surface area contributed by atoms with Crippen molar-refractivity contribution in [3.63, 3.8) is 0 Å². The van der Waals surface area contributed by atoms with Crippen molar-refractivity contribution in [2.24, 2.45) is 0 Å². The molecule has 0 aliphatic carbocycles. The van der Waals surface area contributed by atoms with Crippen LogP contribution in [-0.4, -0.2) is 33.3 Å². The van der Waals surface area contributed by atoms with Crippen LogP contribution in [-0.2, 0) is 0 Å². The molecule has 1 aliphatic rings. The van der Waals surface area contributed by atoms with Crippen LogP contribution >= 0.6 is 0 Å². The average molecular weight is 231 g/mol. The van der Waals surface area contributed by atoms with Gasteiger partial charge >= 0.3 is 0 Å². The fraction of sp³-hybridized carbons (Fsp3) is 0.462. The second-order valence-corrected chi connectivity index (χ2v) is 4.21. The monoisotopic (exact) mass is 231 g/mol. The summed E-state index contributed by atoms with van der Waals surface area (Å²) in [6, 6.07) is 6.17. The normalized spacial score (nSPS) is 15.5. The van der Waals surface area contributed by atoms with E-state index in [4.69, 9.17) is 4.74 Å². The number of hydrogen-bond donors (Lipinski definition) is 1. The lowest BCUT2D eigenvalue weighted by molar-refractivity contribution is 0.412. The Bertz CT molecular complexity index is 445. The molecule has 0 spiro atoms. The van der Waals surface area contributed by atoms with Crippen molar-refractivity contribution in [1.29, 1.82) is 5.26 Å². The SMILES string of the molecule is COc1cc(C)cc(C#N)c1N1CCNCC1. The molecule has 0 atom stereocenters. The van der Waals surface area contributed by atoms with Crippen LogP contribution in [0.25, 0.3) is 0 Å². The van der Waals surface area contributed by atoms with Gasteiger partial charge in [-0.1, -0.05) is 0 Å². The van der Waals surface area contributed by atoms with Crippen LogP contribution in [0.3, 0.4) is 0 Å². The van der Waals surface area contributed by atoms with Crippen LogP contribution in [0.2, 0.25) is 0 Å². The molecular formula is C13H17N3O. The maximum atomic E-state index is 9.25. The Morgan fingerprint density at radius 2 is 2.06 bits per heavy atom. The Morgan fingerprint density at radius 3 is 2.65 bits per heavy atom. The third-order valence-corrected chi connectivity index (χ3v) is 2.99. The zero-order valence-electron chi connectivity index (χ0n) is 10.3. The highest BCUT2D eigenvalue weighted by Gasteiger charge is 2.19. The van der Waals surface area contributed by atoms with E-state index in [0.717, 1.165) is 43.2 Å². The number of nitriles is 1. The average Bonchev–Trinajstić information content (AvgIpc) is 2.38. The molecular weight excluding hydrogens is 214 g/mol. The van der Waals surface area contributed by atoms with Crippen molar-refractivity contribution in [2.45, 2.75) is 6.92 Å². The number of nitrogens with zero attached hydrogens (tertiary/aromatic N) is 2. The van der Waals surface area contributed by atoms with Gasteiger partial charge in [0, 0.05) is 26.2 Å². The Hall–Kier alpha value is -1.73. The molecule has 2 rings (SSSR count). The second-order valence-electron chi connectivity index (χ2n) is 4.21. The highest BCUT2D eigenvalue weighted by atomic mass is 16.5. The Balaban J connectivity index is 2.45. The zero-order valence-corrected chi connectivity index (χ0v) is 10.3. The van der Waals surface area contributed by atoms with Crippen molar-refractivity contribution >= 4 is 5.69 Å². The van der Waals surface area contributed by atoms with Gasteiger partial charge in [-0.25, -0.2) is 0 Å². The molecule has 0 radical (unpaired) electrons. The third-order valence-electron chi connectivity index (χ3n) is 2.99. The molecule has 4 nitrogen and oxygen atoms in total. The molecule has 0 amide bonds. The van der Waals surface area contributed by atoms with Crippen LogP contribution in [0.5, 0.6) is 5.75 Å². The first-order chi connectivity index (χ1) is 8.26. The van der Waals surface area contributed by atoms with E-state index in [1.54, 1.807) is 7.11 Å². The van der Waals surface area contributed by atoms with Gasteiger partial charge in [0.25, 0.3) is 0 Å². The zero-order chi connectivity index (χ0) is 12.3. The molecule has 0 unspecified atom stereocenters. The number of hydrogen-bond acceptors (Lipinski definition) is 4. The second kappa shape index (κ2) is 5.07. The first kappa shape index (κ1) is 11.7. The van der Waals surface area contributed by atoms with Crippen molar-refractivity contribution in [3.05, 3.63) is 23.3 Å². The molecule has 90 valence electrons. The maximum absolute atomic E-state index is 9.25. The molecule has 1 aromatic rings. The number of aryl methyl sites for hydroxylation is 1. The van der Waals surface area contributed by atoms with Gasteiger partial charge in [0.1, 0.15) is 11.8 Å². The van der Waals surface area contributed by atoms with Crippen LogP contribution in [0.1, 0.15) is 11.1 Å². The van der Waals surface area contributed by atoms with Crippen molar-refractivity contribution in [2.75, 3.05) is 38.2 Å².